The van der Waals surface area contributed by atoms with Crippen LogP contribution in [-0.4, -0.2) is 44.2 Å². The first-order valence-electron chi connectivity index (χ1n) is 11.1. The number of nitrogens with zero attached hydrogens (tertiary/aromatic N) is 1. The van der Waals surface area contributed by atoms with E-state index >= 15 is 0 Å². The predicted octanol–water partition coefficient (Wildman–Crippen LogP) is 4.38. The highest BCUT2D eigenvalue weighted by Crippen LogP contribution is 2.18. The Labute approximate surface area is 180 Å². The molecule has 0 aliphatic carbocycles. The summed E-state index contributed by atoms with van der Waals surface area (Å²) in [6, 6.07) is 15.8. The molecule has 0 saturated carbocycles. The van der Waals surface area contributed by atoms with Gasteiger partial charge < -0.3 is 20.3 Å². The van der Waals surface area contributed by atoms with Crippen molar-refractivity contribution in [2.75, 3.05) is 33.3 Å². The third-order valence-corrected chi connectivity index (χ3v) is 5.61. The molecule has 0 aromatic heterocycles. The Morgan fingerprint density at radius 3 is 2.33 bits per heavy atom. The van der Waals surface area contributed by atoms with Crippen LogP contribution in [0, 0.1) is 11.7 Å². The van der Waals surface area contributed by atoms with E-state index in [2.05, 4.69) is 48.6 Å². The molecule has 0 radical (unpaired) electrons. The fraction of sp³-hybridized carbons (Fsp3) is 0.520. The number of rotatable bonds is 10. The number of piperidine rings is 1. The van der Waals surface area contributed by atoms with Crippen molar-refractivity contribution in [3.63, 3.8) is 0 Å². The molecule has 1 aliphatic heterocycles. The van der Waals surface area contributed by atoms with Crippen molar-refractivity contribution in [2.45, 2.75) is 45.3 Å². The number of benzene rings is 2. The molecular weight excluding hydrogens is 377 g/mol. The van der Waals surface area contributed by atoms with Crippen LogP contribution in [0.25, 0.3) is 0 Å². The fourth-order valence-electron chi connectivity index (χ4n) is 3.76. The Kier molecular flexibility index (Phi) is 8.67. The standard InChI is InChI=1S/C25H36FN3O/c1-19(2)18-30-24-10-4-20(5-11-24)16-27-17-25(21-6-8-22(26)9-7-21)28-23-12-14-29(3)15-13-23/h4-11,19,23,25,27-28H,12-18H2,1-3H3/t25-/m1/s1. The Morgan fingerprint density at radius 2 is 1.70 bits per heavy atom. The minimum atomic E-state index is -0.190. The first-order valence-corrected chi connectivity index (χ1v) is 11.1. The molecule has 0 bridgehead atoms. The quantitative estimate of drug-likeness (QED) is 0.606. The van der Waals surface area contributed by atoms with Gasteiger partial charge in [-0.2, -0.15) is 0 Å². The molecule has 3 rings (SSSR count). The largest absolute Gasteiger partial charge is 0.493 e. The second-order valence-corrected chi connectivity index (χ2v) is 8.83. The van der Waals surface area contributed by atoms with Crippen LogP contribution in [0.2, 0.25) is 0 Å². The zero-order chi connectivity index (χ0) is 21.3. The summed E-state index contributed by atoms with van der Waals surface area (Å²) in [6.07, 6.45) is 2.29. The maximum Gasteiger partial charge on any atom is 0.123 e. The van der Waals surface area contributed by atoms with Crippen LogP contribution in [0.5, 0.6) is 5.75 Å². The second kappa shape index (κ2) is 11.4. The molecule has 0 amide bonds. The lowest BCUT2D eigenvalue weighted by Crippen LogP contribution is -2.44. The third kappa shape index (κ3) is 7.38. The highest BCUT2D eigenvalue weighted by Gasteiger charge is 2.21. The van der Waals surface area contributed by atoms with E-state index < -0.39 is 0 Å². The van der Waals surface area contributed by atoms with Gasteiger partial charge in [0.15, 0.2) is 0 Å². The van der Waals surface area contributed by atoms with E-state index in [1.165, 1.54) is 5.56 Å². The van der Waals surface area contributed by atoms with Crippen LogP contribution in [0.4, 0.5) is 4.39 Å². The van der Waals surface area contributed by atoms with Crippen LogP contribution < -0.4 is 15.4 Å². The summed E-state index contributed by atoms with van der Waals surface area (Å²) in [5.41, 5.74) is 2.35. The second-order valence-electron chi connectivity index (χ2n) is 8.83. The van der Waals surface area contributed by atoms with Crippen molar-refractivity contribution >= 4 is 0 Å². The summed E-state index contributed by atoms with van der Waals surface area (Å²) in [5, 5.41) is 7.38. The molecule has 1 saturated heterocycles. The van der Waals surface area contributed by atoms with E-state index in [9.17, 15) is 4.39 Å². The van der Waals surface area contributed by atoms with Crippen molar-refractivity contribution in [3.05, 3.63) is 65.5 Å². The van der Waals surface area contributed by atoms with E-state index in [4.69, 9.17) is 4.74 Å². The zero-order valence-corrected chi connectivity index (χ0v) is 18.5. The van der Waals surface area contributed by atoms with Crippen molar-refractivity contribution in [1.82, 2.24) is 15.5 Å². The predicted molar refractivity (Wildman–Crippen MR) is 121 cm³/mol. The third-order valence-electron chi connectivity index (χ3n) is 5.61. The van der Waals surface area contributed by atoms with Crippen LogP contribution in [0.15, 0.2) is 48.5 Å². The summed E-state index contributed by atoms with van der Waals surface area (Å²) in [7, 11) is 2.17. The van der Waals surface area contributed by atoms with Crippen molar-refractivity contribution < 1.29 is 9.13 Å². The van der Waals surface area contributed by atoms with Crippen molar-refractivity contribution in [1.29, 1.82) is 0 Å². The Morgan fingerprint density at radius 1 is 1.03 bits per heavy atom. The lowest BCUT2D eigenvalue weighted by Gasteiger charge is -2.33. The minimum Gasteiger partial charge on any atom is -0.493 e. The Hall–Kier alpha value is -1.95. The van der Waals surface area contributed by atoms with Gasteiger partial charge in [0.2, 0.25) is 0 Å². The topological polar surface area (TPSA) is 36.5 Å². The first kappa shape index (κ1) is 22.7. The molecule has 164 valence electrons. The number of nitrogens with one attached hydrogen (secondary N) is 2. The van der Waals surface area contributed by atoms with Gasteiger partial charge >= 0.3 is 0 Å². The molecule has 1 atom stereocenters. The number of likely N-dealkylation sites (tertiary alicyclic amines) is 1. The summed E-state index contributed by atoms with van der Waals surface area (Å²) in [6.45, 7) is 8.85. The first-order chi connectivity index (χ1) is 14.5. The van der Waals surface area contributed by atoms with Crippen LogP contribution in [0.3, 0.4) is 0 Å². The SMILES string of the molecule is CC(C)COc1ccc(CNC[C@@H](NC2CCN(C)CC2)c2ccc(F)cc2)cc1. The lowest BCUT2D eigenvalue weighted by atomic mass is 10.0. The normalized spacial score (nSPS) is 16.7. The van der Waals surface area contributed by atoms with Gasteiger partial charge in [0.25, 0.3) is 0 Å². The van der Waals surface area contributed by atoms with Crippen molar-refractivity contribution in [3.8, 4) is 5.75 Å². The molecule has 30 heavy (non-hydrogen) atoms. The monoisotopic (exact) mass is 413 g/mol. The molecule has 2 aromatic rings. The van der Waals surface area contributed by atoms with E-state index in [0.29, 0.717) is 12.0 Å². The molecule has 1 fully saturated rings. The molecule has 5 heteroatoms. The van der Waals surface area contributed by atoms with E-state index in [1.54, 1.807) is 12.1 Å². The van der Waals surface area contributed by atoms with Crippen molar-refractivity contribution in [2.24, 2.45) is 5.92 Å². The summed E-state index contributed by atoms with van der Waals surface area (Å²) >= 11 is 0. The van der Waals surface area contributed by atoms with Gasteiger partial charge in [0, 0.05) is 25.2 Å². The smallest absolute Gasteiger partial charge is 0.123 e. The highest BCUT2D eigenvalue weighted by atomic mass is 19.1. The van der Waals surface area contributed by atoms with Gasteiger partial charge in [0.1, 0.15) is 11.6 Å². The van der Waals surface area contributed by atoms with E-state index in [0.717, 1.165) is 56.9 Å². The molecule has 1 aliphatic rings. The lowest BCUT2D eigenvalue weighted by molar-refractivity contribution is 0.223. The van der Waals surface area contributed by atoms with E-state index in [1.807, 2.05) is 24.3 Å². The summed E-state index contributed by atoms with van der Waals surface area (Å²) in [4.78, 5) is 2.37. The average Bonchev–Trinajstić information content (AvgIpc) is 2.74. The molecule has 0 unspecified atom stereocenters. The van der Waals surface area contributed by atoms with Gasteiger partial charge in [-0.1, -0.05) is 38.1 Å². The van der Waals surface area contributed by atoms with Gasteiger partial charge in [-0.15, -0.1) is 0 Å². The molecule has 0 spiro atoms. The summed E-state index contributed by atoms with van der Waals surface area (Å²) in [5.74, 6) is 1.25. The Bertz CT molecular complexity index is 740. The van der Waals surface area contributed by atoms with Crippen LogP contribution >= 0.6 is 0 Å². The fourth-order valence-corrected chi connectivity index (χ4v) is 3.76. The minimum absolute atomic E-state index is 0.160. The molecule has 2 aromatic carbocycles. The molecule has 2 N–H and O–H groups in total. The molecular formula is C25H36FN3O. The molecule has 1 heterocycles. The van der Waals surface area contributed by atoms with Gasteiger partial charge in [0.05, 0.1) is 6.61 Å². The van der Waals surface area contributed by atoms with Gasteiger partial charge in [-0.3, -0.25) is 0 Å². The molecule has 4 nitrogen and oxygen atoms in total. The van der Waals surface area contributed by atoms with Gasteiger partial charge in [-0.05, 0) is 74.3 Å². The maximum absolute atomic E-state index is 13.4. The average molecular weight is 414 g/mol. The number of hydrogen-bond acceptors (Lipinski definition) is 4. The summed E-state index contributed by atoms with van der Waals surface area (Å²) < 4.78 is 19.2. The van der Waals surface area contributed by atoms with Crippen LogP contribution in [0.1, 0.15) is 43.9 Å². The highest BCUT2D eigenvalue weighted by molar-refractivity contribution is 5.27. The number of halogens is 1. The zero-order valence-electron chi connectivity index (χ0n) is 18.5. The Balaban J connectivity index is 1.54. The van der Waals surface area contributed by atoms with Crippen LogP contribution in [-0.2, 0) is 6.54 Å². The number of ether oxygens (including phenoxy) is 1. The maximum atomic E-state index is 13.4. The van der Waals surface area contributed by atoms with E-state index in [-0.39, 0.29) is 11.9 Å². The van der Waals surface area contributed by atoms with Gasteiger partial charge in [-0.25, -0.2) is 4.39 Å². The number of hydrogen-bond donors (Lipinski definition) is 2.